The number of amides is 1. The number of nitriles is 1. The monoisotopic (exact) mass is 292 g/mol. The van der Waals surface area contributed by atoms with E-state index in [1.54, 1.807) is 24.3 Å². The Labute approximate surface area is 120 Å². The first-order chi connectivity index (χ1) is 10.1. The number of nitrogens with zero attached hydrogens (tertiary/aromatic N) is 2. The minimum Gasteiger partial charge on any atom is -0.272 e. The fourth-order valence-electron chi connectivity index (χ4n) is 2.63. The summed E-state index contributed by atoms with van der Waals surface area (Å²) in [6, 6.07) is 8.43. The van der Waals surface area contributed by atoms with Gasteiger partial charge in [0.1, 0.15) is 5.41 Å². The van der Waals surface area contributed by atoms with Gasteiger partial charge in [0.25, 0.3) is 12.3 Å². The van der Waals surface area contributed by atoms with Gasteiger partial charge in [-0.25, -0.2) is 13.8 Å². The molecule has 1 aromatic rings. The molecule has 1 amide bonds. The van der Waals surface area contributed by atoms with Crippen molar-refractivity contribution in [3.8, 4) is 6.07 Å². The quantitative estimate of drug-likeness (QED) is 0.860. The Bertz CT molecular complexity index is 591. The molecular weight excluding hydrogens is 278 g/mol. The summed E-state index contributed by atoms with van der Waals surface area (Å²) >= 11 is 0. The molecule has 21 heavy (non-hydrogen) atoms. The molecule has 0 radical (unpaired) electrons. The van der Waals surface area contributed by atoms with Gasteiger partial charge in [0.05, 0.1) is 24.3 Å². The Kier molecular flexibility index (Phi) is 3.38. The number of hydroxylamine groups is 2. The Balaban J connectivity index is 1.82. The fraction of sp³-hybridized carbons (Fsp3) is 0.467. The third-order valence-electron chi connectivity index (χ3n) is 4.16. The van der Waals surface area contributed by atoms with Crippen LogP contribution in [0, 0.1) is 16.7 Å². The van der Waals surface area contributed by atoms with Gasteiger partial charge in [0.2, 0.25) is 0 Å². The van der Waals surface area contributed by atoms with Gasteiger partial charge in [0, 0.05) is 6.42 Å². The second-order valence-corrected chi connectivity index (χ2v) is 5.46. The molecule has 0 N–H and O–H groups in total. The smallest absolute Gasteiger partial charge is 0.258 e. The van der Waals surface area contributed by atoms with Crippen LogP contribution in [0.2, 0.25) is 0 Å². The van der Waals surface area contributed by atoms with Crippen molar-refractivity contribution in [2.75, 3.05) is 6.61 Å². The highest BCUT2D eigenvalue weighted by molar-refractivity contribution is 5.85. The van der Waals surface area contributed by atoms with Crippen LogP contribution in [0.4, 0.5) is 8.78 Å². The number of alkyl halides is 2. The average Bonchev–Trinajstić information content (AvgIpc) is 3.18. The summed E-state index contributed by atoms with van der Waals surface area (Å²) in [5.41, 5.74) is -0.235. The van der Waals surface area contributed by atoms with Crippen molar-refractivity contribution in [3.05, 3.63) is 35.4 Å². The van der Waals surface area contributed by atoms with E-state index in [9.17, 15) is 13.6 Å². The molecule has 1 saturated carbocycles. The van der Waals surface area contributed by atoms with Crippen LogP contribution in [-0.2, 0) is 9.63 Å². The van der Waals surface area contributed by atoms with E-state index in [4.69, 9.17) is 10.1 Å². The van der Waals surface area contributed by atoms with E-state index in [-0.39, 0.29) is 18.9 Å². The average molecular weight is 292 g/mol. The minimum absolute atomic E-state index is 0.212. The van der Waals surface area contributed by atoms with Gasteiger partial charge in [-0.3, -0.25) is 9.63 Å². The van der Waals surface area contributed by atoms with Crippen LogP contribution in [0.5, 0.6) is 0 Å². The molecule has 2 aliphatic rings. The molecule has 110 valence electrons. The number of halogens is 2. The Morgan fingerprint density at radius 3 is 2.57 bits per heavy atom. The first-order valence-electron chi connectivity index (χ1n) is 6.83. The van der Waals surface area contributed by atoms with Crippen LogP contribution in [0.1, 0.15) is 36.4 Å². The van der Waals surface area contributed by atoms with E-state index < -0.39 is 17.7 Å². The number of carbonyl (C=O) groups is 1. The minimum atomic E-state index is -2.66. The highest BCUT2D eigenvalue weighted by atomic mass is 19.3. The maximum atomic E-state index is 13.1. The van der Waals surface area contributed by atoms with Crippen molar-refractivity contribution in [1.82, 2.24) is 5.06 Å². The number of hydrogen-bond donors (Lipinski definition) is 0. The predicted octanol–water partition coefficient (Wildman–Crippen LogP) is 2.81. The van der Waals surface area contributed by atoms with Gasteiger partial charge in [-0.05, 0) is 30.5 Å². The molecule has 1 saturated heterocycles. The Morgan fingerprint density at radius 1 is 1.38 bits per heavy atom. The zero-order valence-corrected chi connectivity index (χ0v) is 11.3. The van der Waals surface area contributed by atoms with Gasteiger partial charge in [-0.15, -0.1) is 0 Å². The SMILES string of the molecule is N#Cc1ccc([C@@H]2CCON2C(=O)C2(C(F)F)CC2)cc1. The zero-order valence-electron chi connectivity index (χ0n) is 11.3. The zero-order chi connectivity index (χ0) is 15.0. The van der Waals surface area contributed by atoms with Crippen molar-refractivity contribution in [2.45, 2.75) is 31.7 Å². The Morgan fingerprint density at radius 2 is 2.05 bits per heavy atom. The normalized spacial score (nSPS) is 23.1. The summed E-state index contributed by atoms with van der Waals surface area (Å²) in [5.74, 6) is -0.621. The second kappa shape index (κ2) is 5.08. The molecule has 1 aliphatic heterocycles. The topological polar surface area (TPSA) is 53.3 Å². The van der Waals surface area contributed by atoms with Crippen LogP contribution < -0.4 is 0 Å². The summed E-state index contributed by atoms with van der Waals surface area (Å²) in [6.45, 7) is 0.329. The van der Waals surface area contributed by atoms with E-state index >= 15 is 0 Å². The molecule has 6 heteroatoms. The van der Waals surface area contributed by atoms with Crippen LogP contribution >= 0.6 is 0 Å². The standard InChI is InChI=1S/C15H14F2N2O2/c16-13(17)15(6-7-15)14(20)19-12(5-8-21-19)11-3-1-10(9-18)2-4-11/h1-4,12-13H,5-8H2/t12-/m0/s1. The molecule has 0 bridgehead atoms. The molecule has 2 fully saturated rings. The number of rotatable bonds is 3. The predicted molar refractivity (Wildman–Crippen MR) is 69.0 cm³/mol. The lowest BCUT2D eigenvalue weighted by Crippen LogP contribution is -2.39. The molecule has 1 aliphatic carbocycles. The number of carbonyl (C=O) groups excluding carboxylic acids is 1. The molecule has 0 spiro atoms. The second-order valence-electron chi connectivity index (χ2n) is 5.46. The van der Waals surface area contributed by atoms with Crippen molar-refractivity contribution in [1.29, 1.82) is 5.26 Å². The van der Waals surface area contributed by atoms with Crippen molar-refractivity contribution in [2.24, 2.45) is 5.41 Å². The summed E-state index contributed by atoms with van der Waals surface area (Å²) in [4.78, 5) is 17.6. The maximum absolute atomic E-state index is 13.1. The number of hydrogen-bond acceptors (Lipinski definition) is 3. The van der Waals surface area contributed by atoms with E-state index in [0.717, 1.165) is 10.6 Å². The molecule has 0 aromatic heterocycles. The van der Waals surface area contributed by atoms with Gasteiger partial charge in [-0.2, -0.15) is 5.26 Å². The fourth-order valence-corrected chi connectivity index (χ4v) is 2.63. The summed E-state index contributed by atoms with van der Waals surface area (Å²) in [7, 11) is 0. The third kappa shape index (κ3) is 2.28. The van der Waals surface area contributed by atoms with Crippen molar-refractivity contribution in [3.63, 3.8) is 0 Å². The lowest BCUT2D eigenvalue weighted by molar-refractivity contribution is -0.188. The van der Waals surface area contributed by atoms with E-state index in [1.165, 1.54) is 0 Å². The molecule has 3 rings (SSSR count). The molecule has 1 atom stereocenters. The lowest BCUT2D eigenvalue weighted by Gasteiger charge is -2.26. The first kappa shape index (κ1) is 14.0. The van der Waals surface area contributed by atoms with Crippen molar-refractivity contribution >= 4 is 5.91 Å². The van der Waals surface area contributed by atoms with Gasteiger partial charge in [-0.1, -0.05) is 12.1 Å². The highest BCUT2D eigenvalue weighted by Crippen LogP contribution is 2.53. The summed E-state index contributed by atoms with van der Waals surface area (Å²) < 4.78 is 26.1. The molecule has 1 heterocycles. The summed E-state index contributed by atoms with van der Waals surface area (Å²) in [6.07, 6.45) is -1.67. The summed E-state index contributed by atoms with van der Waals surface area (Å²) in [5, 5.41) is 9.90. The van der Waals surface area contributed by atoms with Gasteiger partial charge in [0.15, 0.2) is 0 Å². The largest absolute Gasteiger partial charge is 0.272 e. The molecule has 0 unspecified atom stereocenters. The van der Waals surface area contributed by atoms with E-state index in [0.29, 0.717) is 18.6 Å². The van der Waals surface area contributed by atoms with E-state index in [2.05, 4.69) is 0 Å². The van der Waals surface area contributed by atoms with Gasteiger partial charge >= 0.3 is 0 Å². The molecule has 4 nitrogen and oxygen atoms in total. The Hall–Kier alpha value is -2.00. The van der Waals surface area contributed by atoms with Crippen LogP contribution in [-0.4, -0.2) is 24.0 Å². The molecular formula is C15H14F2N2O2. The lowest BCUT2D eigenvalue weighted by atomic mass is 10.0. The highest BCUT2D eigenvalue weighted by Gasteiger charge is 2.60. The van der Waals surface area contributed by atoms with E-state index in [1.807, 2.05) is 6.07 Å². The molecule has 1 aromatic carbocycles. The van der Waals surface area contributed by atoms with Crippen LogP contribution in [0.3, 0.4) is 0 Å². The third-order valence-corrected chi connectivity index (χ3v) is 4.16. The maximum Gasteiger partial charge on any atom is 0.258 e. The van der Waals surface area contributed by atoms with Crippen LogP contribution in [0.25, 0.3) is 0 Å². The number of benzene rings is 1. The van der Waals surface area contributed by atoms with Crippen molar-refractivity contribution < 1.29 is 18.4 Å². The van der Waals surface area contributed by atoms with Crippen LogP contribution in [0.15, 0.2) is 24.3 Å². The van der Waals surface area contributed by atoms with Gasteiger partial charge < -0.3 is 0 Å². The first-order valence-corrected chi connectivity index (χ1v) is 6.83.